The lowest BCUT2D eigenvalue weighted by Gasteiger charge is -2.39. The van der Waals surface area contributed by atoms with E-state index in [-0.39, 0.29) is 53.1 Å². The highest BCUT2D eigenvalue weighted by molar-refractivity contribution is 7.89. The number of methoxy groups -OCH3 is 1. The highest BCUT2D eigenvalue weighted by Crippen LogP contribution is 2.37. The van der Waals surface area contributed by atoms with Crippen molar-refractivity contribution >= 4 is 44.8 Å². The molecule has 3 aliphatic heterocycles. The summed E-state index contributed by atoms with van der Waals surface area (Å²) in [6.45, 7) is 2.97. The van der Waals surface area contributed by atoms with Crippen LogP contribution < -0.4 is 19.7 Å². The predicted octanol–water partition coefficient (Wildman–Crippen LogP) is 2.43. The zero-order valence-electron chi connectivity index (χ0n) is 20.5. The number of ether oxygens (including phenoxy) is 2. The molecule has 2 amide bonds. The number of piperidine rings is 1. The minimum Gasteiger partial charge on any atom is -0.497 e. The normalized spacial score (nSPS) is 19.1. The van der Waals surface area contributed by atoms with Gasteiger partial charge in [-0.25, -0.2) is 8.42 Å². The van der Waals surface area contributed by atoms with Gasteiger partial charge in [0.05, 0.1) is 17.8 Å². The van der Waals surface area contributed by atoms with Crippen LogP contribution in [0.3, 0.4) is 0 Å². The average molecular weight is 549 g/mol. The zero-order chi connectivity index (χ0) is 26.2. The van der Waals surface area contributed by atoms with Crippen molar-refractivity contribution in [3.05, 3.63) is 41.4 Å². The van der Waals surface area contributed by atoms with Crippen LogP contribution in [0.2, 0.25) is 5.02 Å². The number of amides is 2. The summed E-state index contributed by atoms with van der Waals surface area (Å²) in [7, 11) is -2.25. The van der Waals surface area contributed by atoms with Crippen LogP contribution in [-0.2, 0) is 19.6 Å². The van der Waals surface area contributed by atoms with Crippen molar-refractivity contribution in [3.63, 3.8) is 0 Å². The number of carbonyl (C=O) groups excluding carboxylic acids is 2. The first-order valence-electron chi connectivity index (χ1n) is 12.2. The summed E-state index contributed by atoms with van der Waals surface area (Å²) < 4.78 is 38.7. The van der Waals surface area contributed by atoms with Crippen LogP contribution in [0, 0.1) is 5.92 Å². The number of nitrogens with zero attached hydrogens (tertiary/aromatic N) is 3. The van der Waals surface area contributed by atoms with E-state index in [1.807, 2.05) is 29.2 Å². The molecular weight excluding hydrogens is 520 g/mol. The number of anilines is 2. The summed E-state index contributed by atoms with van der Waals surface area (Å²) in [4.78, 5) is 28.8. The van der Waals surface area contributed by atoms with Gasteiger partial charge in [0, 0.05) is 63.0 Å². The third kappa shape index (κ3) is 5.21. The van der Waals surface area contributed by atoms with Crippen LogP contribution >= 0.6 is 11.6 Å². The molecule has 3 heterocycles. The van der Waals surface area contributed by atoms with E-state index in [9.17, 15) is 18.0 Å². The molecule has 0 radical (unpaired) electrons. The summed E-state index contributed by atoms with van der Waals surface area (Å²) in [6.07, 6.45) is 0.895. The fraction of sp³-hybridized carbons (Fsp3) is 0.440. The fourth-order valence-corrected chi connectivity index (χ4v) is 7.00. The largest absolute Gasteiger partial charge is 0.497 e. The SMILES string of the molecule is COc1cccc(N2CCN(C(=O)C3CCN(S(=O)(=O)c4cc5c(cc4Cl)NC(=O)CO5)CC3)CC2)c1. The molecule has 0 saturated carbocycles. The molecular formula is C25H29ClN4O6S. The molecule has 1 N–H and O–H groups in total. The van der Waals surface area contributed by atoms with Gasteiger partial charge in [0.25, 0.3) is 5.91 Å². The van der Waals surface area contributed by atoms with E-state index in [0.717, 1.165) is 24.5 Å². The van der Waals surface area contributed by atoms with Gasteiger partial charge in [0.1, 0.15) is 16.4 Å². The minimum absolute atomic E-state index is 0.0108. The second-order valence-electron chi connectivity index (χ2n) is 9.31. The Balaban J connectivity index is 1.18. The lowest BCUT2D eigenvalue weighted by Crippen LogP contribution is -2.52. The summed E-state index contributed by atoms with van der Waals surface area (Å²) >= 11 is 6.28. The first-order chi connectivity index (χ1) is 17.8. The predicted molar refractivity (Wildman–Crippen MR) is 139 cm³/mol. The molecule has 0 unspecified atom stereocenters. The lowest BCUT2D eigenvalue weighted by atomic mass is 9.96. The third-order valence-electron chi connectivity index (χ3n) is 7.10. The van der Waals surface area contributed by atoms with E-state index in [0.29, 0.717) is 31.6 Å². The molecule has 10 nitrogen and oxygen atoms in total. The lowest BCUT2D eigenvalue weighted by molar-refractivity contribution is -0.137. The maximum Gasteiger partial charge on any atom is 0.262 e. The Kier molecular flexibility index (Phi) is 7.19. The van der Waals surface area contributed by atoms with Gasteiger partial charge in [0.15, 0.2) is 6.61 Å². The van der Waals surface area contributed by atoms with E-state index in [1.165, 1.54) is 16.4 Å². The monoisotopic (exact) mass is 548 g/mol. The van der Waals surface area contributed by atoms with E-state index in [1.54, 1.807) is 7.11 Å². The number of piperazine rings is 1. The van der Waals surface area contributed by atoms with Crippen LogP contribution in [0.4, 0.5) is 11.4 Å². The average Bonchev–Trinajstić information content (AvgIpc) is 2.92. The minimum atomic E-state index is -3.89. The molecule has 0 aromatic heterocycles. The van der Waals surface area contributed by atoms with Crippen LogP contribution in [0.15, 0.2) is 41.3 Å². The number of rotatable bonds is 5. The molecule has 198 valence electrons. The maximum absolute atomic E-state index is 13.3. The smallest absolute Gasteiger partial charge is 0.262 e. The molecule has 5 rings (SSSR count). The third-order valence-corrected chi connectivity index (χ3v) is 9.46. The van der Waals surface area contributed by atoms with E-state index < -0.39 is 10.0 Å². The maximum atomic E-state index is 13.3. The van der Waals surface area contributed by atoms with Crippen LogP contribution in [0.5, 0.6) is 11.5 Å². The molecule has 2 aromatic carbocycles. The van der Waals surface area contributed by atoms with Crippen molar-refractivity contribution in [3.8, 4) is 11.5 Å². The van der Waals surface area contributed by atoms with Crippen LogP contribution in [0.25, 0.3) is 0 Å². The number of hydrogen-bond donors (Lipinski definition) is 1. The number of fused-ring (bicyclic) bond motifs is 1. The number of benzene rings is 2. The first-order valence-corrected chi connectivity index (χ1v) is 14.0. The number of sulfonamides is 1. The molecule has 2 aromatic rings. The zero-order valence-corrected chi connectivity index (χ0v) is 22.1. The van der Waals surface area contributed by atoms with Crippen molar-refractivity contribution in [1.82, 2.24) is 9.21 Å². The molecule has 2 fully saturated rings. The summed E-state index contributed by atoms with van der Waals surface area (Å²) in [5.74, 6) is 0.604. The Morgan fingerprint density at radius 3 is 2.51 bits per heavy atom. The second-order valence-corrected chi connectivity index (χ2v) is 11.6. The van der Waals surface area contributed by atoms with Crippen molar-refractivity contribution in [2.24, 2.45) is 5.92 Å². The van der Waals surface area contributed by atoms with Crippen molar-refractivity contribution in [1.29, 1.82) is 0 Å². The number of halogens is 1. The van der Waals surface area contributed by atoms with Crippen molar-refractivity contribution < 1.29 is 27.5 Å². The molecule has 0 spiro atoms. The number of nitrogens with one attached hydrogen (secondary N) is 1. The molecule has 0 atom stereocenters. The van der Waals surface area contributed by atoms with Gasteiger partial charge in [0.2, 0.25) is 15.9 Å². The van der Waals surface area contributed by atoms with Gasteiger partial charge in [-0.3, -0.25) is 9.59 Å². The molecule has 3 aliphatic rings. The molecule has 0 bridgehead atoms. The molecule has 12 heteroatoms. The number of hydrogen-bond acceptors (Lipinski definition) is 7. The summed E-state index contributed by atoms with van der Waals surface area (Å²) in [5.41, 5.74) is 1.41. The van der Waals surface area contributed by atoms with E-state index in [2.05, 4.69) is 10.2 Å². The van der Waals surface area contributed by atoms with Gasteiger partial charge in [-0.1, -0.05) is 17.7 Å². The Morgan fingerprint density at radius 2 is 1.81 bits per heavy atom. The van der Waals surface area contributed by atoms with E-state index >= 15 is 0 Å². The quantitative estimate of drug-likeness (QED) is 0.611. The molecule has 0 aliphatic carbocycles. The van der Waals surface area contributed by atoms with Crippen LogP contribution in [0.1, 0.15) is 12.8 Å². The van der Waals surface area contributed by atoms with Gasteiger partial charge in [-0.05, 0) is 31.0 Å². The Labute approximate surface area is 221 Å². The Hall–Kier alpha value is -3.02. The molecule has 37 heavy (non-hydrogen) atoms. The van der Waals surface area contributed by atoms with Gasteiger partial charge >= 0.3 is 0 Å². The van der Waals surface area contributed by atoms with Crippen LogP contribution in [-0.4, -0.2) is 82.4 Å². The number of carbonyl (C=O) groups is 2. The standard InChI is InChI=1S/C25H29ClN4O6S/c1-35-19-4-2-3-18(13-19)28-9-11-29(12-10-28)25(32)17-5-7-30(8-6-17)37(33,34)23-15-22-21(14-20(23)26)27-24(31)16-36-22/h2-4,13-15,17H,5-12,16H2,1H3,(H,27,31). The topological polar surface area (TPSA) is 108 Å². The Bertz CT molecular complexity index is 1300. The van der Waals surface area contributed by atoms with Crippen molar-refractivity contribution in [2.75, 3.05) is 63.2 Å². The summed E-state index contributed by atoms with van der Waals surface area (Å²) in [5, 5.41) is 2.63. The van der Waals surface area contributed by atoms with Gasteiger partial charge in [-0.15, -0.1) is 0 Å². The first kappa shape index (κ1) is 25.6. The van der Waals surface area contributed by atoms with Gasteiger partial charge in [-0.2, -0.15) is 4.31 Å². The highest BCUT2D eigenvalue weighted by atomic mass is 35.5. The second kappa shape index (κ2) is 10.4. The fourth-order valence-electron chi connectivity index (χ4n) is 5.01. The Morgan fingerprint density at radius 1 is 1.08 bits per heavy atom. The van der Waals surface area contributed by atoms with Gasteiger partial charge < -0.3 is 24.6 Å². The van der Waals surface area contributed by atoms with Crippen molar-refractivity contribution in [2.45, 2.75) is 17.7 Å². The highest BCUT2D eigenvalue weighted by Gasteiger charge is 2.36. The molecule has 2 saturated heterocycles. The summed E-state index contributed by atoms with van der Waals surface area (Å²) in [6, 6.07) is 10.6. The van der Waals surface area contributed by atoms with E-state index in [4.69, 9.17) is 21.1 Å².